The van der Waals surface area contributed by atoms with Crippen LogP contribution in [0.3, 0.4) is 0 Å². The van der Waals surface area contributed by atoms with Crippen LogP contribution in [-0.4, -0.2) is 45.4 Å². The van der Waals surface area contributed by atoms with E-state index in [1.54, 1.807) is 11.0 Å². The van der Waals surface area contributed by atoms with Gasteiger partial charge in [0.15, 0.2) is 0 Å². The minimum Gasteiger partial charge on any atom is -0.338 e. The van der Waals surface area contributed by atoms with E-state index in [1.165, 1.54) is 6.42 Å². The van der Waals surface area contributed by atoms with Gasteiger partial charge in [-0.3, -0.25) is 9.59 Å². The van der Waals surface area contributed by atoms with Crippen LogP contribution in [-0.2, 0) is 16.1 Å². The highest BCUT2D eigenvalue weighted by Crippen LogP contribution is 2.34. The Morgan fingerprint density at radius 2 is 2.00 bits per heavy atom. The highest BCUT2D eigenvalue weighted by molar-refractivity contribution is 6.30. The largest absolute Gasteiger partial charge is 0.338 e. The van der Waals surface area contributed by atoms with Gasteiger partial charge < -0.3 is 14.4 Å². The molecular weight excluding hydrogens is 424 g/mol. The lowest BCUT2D eigenvalue weighted by molar-refractivity contribution is -0.135. The molecule has 0 N–H and O–H groups in total. The van der Waals surface area contributed by atoms with Gasteiger partial charge >= 0.3 is 0 Å². The highest BCUT2D eigenvalue weighted by Gasteiger charge is 2.35. The maximum Gasteiger partial charge on any atom is 0.242 e. The van der Waals surface area contributed by atoms with E-state index in [0.717, 1.165) is 41.9 Å². The smallest absolute Gasteiger partial charge is 0.242 e. The third-order valence-electron chi connectivity index (χ3n) is 6.71. The molecule has 5 rings (SSSR count). The fourth-order valence-electron chi connectivity index (χ4n) is 5.04. The first-order chi connectivity index (χ1) is 15.5. The Morgan fingerprint density at radius 1 is 1.16 bits per heavy atom. The van der Waals surface area contributed by atoms with Gasteiger partial charge in [-0.15, -0.1) is 0 Å². The van der Waals surface area contributed by atoms with Gasteiger partial charge in [-0.25, -0.2) is 4.98 Å². The zero-order valence-corrected chi connectivity index (χ0v) is 19.0. The first kappa shape index (κ1) is 21.0. The average molecular weight is 451 g/mol. The van der Waals surface area contributed by atoms with Crippen molar-refractivity contribution in [2.24, 2.45) is 0 Å². The van der Waals surface area contributed by atoms with E-state index in [-0.39, 0.29) is 30.3 Å². The van der Waals surface area contributed by atoms with Crippen LogP contribution in [0.1, 0.15) is 44.3 Å². The normalized spacial score (nSPS) is 21.5. The zero-order chi connectivity index (χ0) is 22.2. The van der Waals surface area contributed by atoms with E-state index in [2.05, 4.69) is 6.92 Å². The number of amides is 2. The third kappa shape index (κ3) is 3.88. The van der Waals surface area contributed by atoms with Crippen LogP contribution >= 0.6 is 11.6 Å². The van der Waals surface area contributed by atoms with Crippen LogP contribution in [0.15, 0.2) is 48.5 Å². The maximum atomic E-state index is 13.3. The minimum atomic E-state index is -0.0829. The van der Waals surface area contributed by atoms with E-state index < -0.39 is 0 Å². The van der Waals surface area contributed by atoms with Crippen molar-refractivity contribution in [2.75, 3.05) is 18.0 Å². The molecule has 3 aromatic rings. The van der Waals surface area contributed by atoms with Gasteiger partial charge in [0, 0.05) is 42.2 Å². The molecule has 2 amide bonds. The molecule has 2 fully saturated rings. The van der Waals surface area contributed by atoms with Gasteiger partial charge in [0.1, 0.15) is 12.4 Å². The first-order valence-electron chi connectivity index (χ1n) is 11.3. The Labute approximate surface area is 192 Å². The summed E-state index contributed by atoms with van der Waals surface area (Å²) < 4.78 is 2.03. The molecule has 0 saturated carbocycles. The number of para-hydroxylation sites is 2. The summed E-state index contributed by atoms with van der Waals surface area (Å²) in [4.78, 5) is 34.8. The Balaban J connectivity index is 1.46. The molecule has 0 spiro atoms. The Kier molecular flexibility index (Phi) is 5.64. The molecule has 2 saturated heterocycles. The Hall–Kier alpha value is -2.86. The van der Waals surface area contributed by atoms with Gasteiger partial charge in [-0.2, -0.15) is 0 Å². The van der Waals surface area contributed by atoms with Gasteiger partial charge in [0.2, 0.25) is 11.8 Å². The second-order valence-electron chi connectivity index (χ2n) is 8.86. The number of fused-ring (bicyclic) bond motifs is 1. The van der Waals surface area contributed by atoms with Crippen LogP contribution in [0.4, 0.5) is 5.69 Å². The fourth-order valence-corrected chi connectivity index (χ4v) is 5.23. The molecular formula is C25H27ClN4O2. The van der Waals surface area contributed by atoms with Crippen molar-refractivity contribution in [2.45, 2.75) is 51.1 Å². The number of carbonyl (C=O) groups excluding carboxylic acids is 2. The predicted octanol–water partition coefficient (Wildman–Crippen LogP) is 4.61. The van der Waals surface area contributed by atoms with Crippen molar-refractivity contribution in [1.82, 2.24) is 14.5 Å². The number of carbonyl (C=O) groups is 2. The third-order valence-corrected chi connectivity index (χ3v) is 6.95. The van der Waals surface area contributed by atoms with Crippen molar-refractivity contribution in [1.29, 1.82) is 0 Å². The molecule has 2 atom stereocenters. The lowest BCUT2D eigenvalue weighted by atomic mass is 10.0. The number of halogens is 1. The summed E-state index contributed by atoms with van der Waals surface area (Å²) in [5.41, 5.74) is 2.59. The van der Waals surface area contributed by atoms with Crippen LogP contribution in [0.25, 0.3) is 11.0 Å². The predicted molar refractivity (Wildman–Crippen MR) is 126 cm³/mol. The van der Waals surface area contributed by atoms with Gasteiger partial charge in [-0.05, 0) is 56.5 Å². The number of hydrogen-bond donors (Lipinski definition) is 0. The summed E-state index contributed by atoms with van der Waals surface area (Å²) in [7, 11) is 0. The summed E-state index contributed by atoms with van der Waals surface area (Å²) in [5.74, 6) is 0.895. The molecule has 0 bridgehead atoms. The number of anilines is 1. The average Bonchev–Trinajstić information content (AvgIpc) is 3.35. The number of nitrogens with zero attached hydrogens (tertiary/aromatic N) is 4. The molecule has 32 heavy (non-hydrogen) atoms. The lowest BCUT2D eigenvalue weighted by Gasteiger charge is -2.33. The fraction of sp³-hybridized carbons (Fsp3) is 0.400. The number of aromatic nitrogens is 2. The number of benzene rings is 2. The van der Waals surface area contributed by atoms with Crippen LogP contribution in [0.2, 0.25) is 5.02 Å². The van der Waals surface area contributed by atoms with Crippen molar-refractivity contribution in [3.05, 3.63) is 59.4 Å². The molecule has 1 aromatic heterocycles. The molecule has 2 aliphatic rings. The molecule has 7 heteroatoms. The molecule has 2 aliphatic heterocycles. The zero-order valence-electron chi connectivity index (χ0n) is 18.2. The van der Waals surface area contributed by atoms with E-state index >= 15 is 0 Å². The maximum absolute atomic E-state index is 13.3. The van der Waals surface area contributed by atoms with Crippen LogP contribution < -0.4 is 4.90 Å². The van der Waals surface area contributed by atoms with Gasteiger partial charge in [-0.1, -0.05) is 29.8 Å². The lowest BCUT2D eigenvalue weighted by Crippen LogP contribution is -2.43. The number of rotatable bonds is 4. The van der Waals surface area contributed by atoms with Crippen molar-refractivity contribution < 1.29 is 9.59 Å². The summed E-state index contributed by atoms with van der Waals surface area (Å²) in [6, 6.07) is 15.5. The van der Waals surface area contributed by atoms with E-state index in [4.69, 9.17) is 16.6 Å². The van der Waals surface area contributed by atoms with E-state index in [1.807, 2.05) is 51.9 Å². The Morgan fingerprint density at radius 3 is 2.81 bits per heavy atom. The van der Waals surface area contributed by atoms with Gasteiger partial charge in [0.05, 0.1) is 11.0 Å². The minimum absolute atomic E-state index is 0.0480. The van der Waals surface area contributed by atoms with Crippen LogP contribution in [0, 0.1) is 0 Å². The summed E-state index contributed by atoms with van der Waals surface area (Å²) in [6.07, 6.45) is 3.65. The molecule has 3 heterocycles. The number of hydrogen-bond acceptors (Lipinski definition) is 3. The summed E-state index contributed by atoms with van der Waals surface area (Å²) >= 11 is 6.15. The molecule has 2 unspecified atom stereocenters. The standard InChI is InChI=1S/C25H27ClN4O2/c1-17-7-4-5-12-28(17)24(32)16-30-22-11-3-2-10-21(22)27-25(30)18-13-23(31)29(15-18)20-9-6-8-19(26)14-20/h2-3,6,8-11,14,17-18H,4-5,7,12-13,15-16H2,1H3. The number of piperidine rings is 1. The van der Waals surface area contributed by atoms with Gasteiger partial charge in [0.25, 0.3) is 0 Å². The quantitative estimate of drug-likeness (QED) is 0.583. The molecule has 2 aromatic carbocycles. The van der Waals surface area contributed by atoms with Crippen molar-refractivity contribution >= 4 is 40.1 Å². The molecule has 6 nitrogen and oxygen atoms in total. The molecule has 0 radical (unpaired) electrons. The van der Waals surface area contributed by atoms with E-state index in [0.29, 0.717) is 18.0 Å². The Bertz CT molecular complexity index is 1170. The summed E-state index contributed by atoms with van der Waals surface area (Å²) in [5, 5.41) is 0.604. The SMILES string of the molecule is CC1CCCCN1C(=O)Cn1c(C2CC(=O)N(c3cccc(Cl)c3)C2)nc2ccccc21. The van der Waals surface area contributed by atoms with E-state index in [9.17, 15) is 9.59 Å². The molecule has 166 valence electrons. The van der Waals surface area contributed by atoms with Crippen LogP contribution in [0.5, 0.6) is 0 Å². The topological polar surface area (TPSA) is 58.4 Å². The second-order valence-corrected chi connectivity index (χ2v) is 9.30. The summed E-state index contributed by atoms with van der Waals surface area (Å²) in [6.45, 7) is 3.72. The first-order valence-corrected chi connectivity index (χ1v) is 11.7. The monoisotopic (exact) mass is 450 g/mol. The molecule has 0 aliphatic carbocycles. The number of imidazole rings is 1. The van der Waals surface area contributed by atoms with Crippen molar-refractivity contribution in [3.8, 4) is 0 Å². The highest BCUT2D eigenvalue weighted by atomic mass is 35.5. The second kappa shape index (κ2) is 8.58. The van der Waals surface area contributed by atoms with Crippen molar-refractivity contribution in [3.63, 3.8) is 0 Å². The number of likely N-dealkylation sites (tertiary alicyclic amines) is 1.